The van der Waals surface area contributed by atoms with Crippen molar-refractivity contribution in [3.05, 3.63) is 10.8 Å². The van der Waals surface area contributed by atoms with Gasteiger partial charge in [-0.3, -0.25) is 20.3 Å². The van der Waals surface area contributed by atoms with Crippen molar-refractivity contribution in [2.45, 2.75) is 70.6 Å². The number of hydrogen-bond donors (Lipinski definition) is 6. The second-order valence-electron chi connectivity index (χ2n) is 8.81. The maximum absolute atomic E-state index is 12.2. The number of nitrogen functional groups attached to an aromatic ring is 2. The third-order valence-electron chi connectivity index (χ3n) is 5.95. The fourth-order valence-corrected chi connectivity index (χ4v) is 4.05. The lowest BCUT2D eigenvalue weighted by Gasteiger charge is -2.27. The number of piperazine rings is 1. The van der Waals surface area contributed by atoms with Crippen LogP contribution >= 0.6 is 11.6 Å². The Kier molecular flexibility index (Phi) is 13.1. The number of hydrogen-bond acceptors (Lipinski definition) is 8. The summed E-state index contributed by atoms with van der Waals surface area (Å²) in [5, 5.41) is 16.2. The van der Waals surface area contributed by atoms with Crippen LogP contribution in [0.4, 0.5) is 11.6 Å². The summed E-state index contributed by atoms with van der Waals surface area (Å²) < 4.78 is 0. The lowest BCUT2D eigenvalue weighted by molar-refractivity contribution is -0.131. The molecule has 2 amide bonds. The van der Waals surface area contributed by atoms with Crippen LogP contribution in [0.5, 0.6) is 0 Å². The van der Waals surface area contributed by atoms with Crippen LogP contribution in [0.15, 0.2) is 0 Å². The Hall–Kier alpha value is -2.66. The first-order chi connectivity index (χ1) is 16.9. The Balaban J connectivity index is 1.39. The Morgan fingerprint density at radius 1 is 0.914 bits per heavy atom. The predicted molar refractivity (Wildman–Crippen MR) is 139 cm³/mol. The number of carbonyl (C=O) groups is 2. The molecule has 11 nitrogen and oxygen atoms in total. The quantitative estimate of drug-likeness (QED) is 0.126. The first-order valence-electron chi connectivity index (χ1n) is 12.6. The standard InChI is InChI=1S/C23H40ClN9O2/c24-19-21(26)31-20(25)18(30-19)22(35)32-23(27)29-12-10-8-6-4-2-1-3-5-7-9-11-17(34)33-15-13-28-14-16-33/h28H,1-16H2,(H4,25,26,31)(H3,27,29,32,35). The minimum atomic E-state index is -0.666. The number of nitrogens with zero attached hydrogens (tertiary/aromatic N) is 3. The molecule has 0 spiro atoms. The fourth-order valence-electron chi connectivity index (χ4n) is 3.93. The molecular weight excluding hydrogens is 470 g/mol. The number of unbranched alkanes of at least 4 members (excludes halogenated alkanes) is 9. The summed E-state index contributed by atoms with van der Waals surface area (Å²) >= 11 is 5.78. The maximum atomic E-state index is 12.2. The molecule has 1 aliphatic rings. The number of guanidine groups is 1. The zero-order valence-corrected chi connectivity index (χ0v) is 21.3. The molecule has 2 rings (SSSR count). The zero-order valence-electron chi connectivity index (χ0n) is 20.5. The van der Waals surface area contributed by atoms with E-state index < -0.39 is 5.91 Å². The highest BCUT2D eigenvalue weighted by Crippen LogP contribution is 2.17. The molecule has 0 aliphatic carbocycles. The zero-order chi connectivity index (χ0) is 25.5. The summed E-state index contributed by atoms with van der Waals surface area (Å²) in [4.78, 5) is 33.8. The van der Waals surface area contributed by atoms with Crippen molar-refractivity contribution < 1.29 is 9.59 Å². The van der Waals surface area contributed by atoms with Crippen LogP contribution < -0.4 is 27.4 Å². The van der Waals surface area contributed by atoms with Crippen LogP contribution in [0, 0.1) is 5.41 Å². The minimum absolute atomic E-state index is 0.0524. The number of amides is 2. The number of nitrogens with two attached hydrogens (primary N) is 2. The Morgan fingerprint density at radius 2 is 1.49 bits per heavy atom. The van der Waals surface area contributed by atoms with Crippen LogP contribution in [0.25, 0.3) is 0 Å². The molecule has 1 aliphatic heterocycles. The molecule has 0 unspecified atom stereocenters. The monoisotopic (exact) mass is 509 g/mol. The predicted octanol–water partition coefficient (Wildman–Crippen LogP) is 2.27. The van der Waals surface area contributed by atoms with E-state index >= 15 is 0 Å². The molecule has 35 heavy (non-hydrogen) atoms. The third kappa shape index (κ3) is 11.1. The molecule has 1 fully saturated rings. The molecule has 12 heteroatoms. The van der Waals surface area contributed by atoms with Gasteiger partial charge >= 0.3 is 0 Å². The lowest BCUT2D eigenvalue weighted by atomic mass is 10.1. The van der Waals surface area contributed by atoms with Gasteiger partial charge in [0, 0.05) is 39.1 Å². The largest absolute Gasteiger partial charge is 0.382 e. The van der Waals surface area contributed by atoms with Crippen molar-refractivity contribution >= 4 is 41.0 Å². The van der Waals surface area contributed by atoms with Gasteiger partial charge in [-0.15, -0.1) is 0 Å². The van der Waals surface area contributed by atoms with Gasteiger partial charge in [-0.1, -0.05) is 63.0 Å². The van der Waals surface area contributed by atoms with E-state index in [1.165, 1.54) is 32.1 Å². The van der Waals surface area contributed by atoms with Crippen LogP contribution in [-0.2, 0) is 4.79 Å². The first kappa shape index (κ1) is 28.6. The normalized spacial score (nSPS) is 13.5. The molecule has 1 aromatic heterocycles. The molecule has 196 valence electrons. The van der Waals surface area contributed by atoms with Crippen molar-refractivity contribution in [3.63, 3.8) is 0 Å². The third-order valence-corrected chi connectivity index (χ3v) is 6.23. The number of rotatable bonds is 14. The van der Waals surface area contributed by atoms with Gasteiger partial charge in [0.15, 0.2) is 28.4 Å². The van der Waals surface area contributed by atoms with Gasteiger partial charge in [-0.2, -0.15) is 0 Å². The van der Waals surface area contributed by atoms with Gasteiger partial charge in [0.2, 0.25) is 5.91 Å². The molecule has 0 radical (unpaired) electrons. The van der Waals surface area contributed by atoms with Gasteiger partial charge in [-0.25, -0.2) is 9.97 Å². The topological polar surface area (TPSA) is 175 Å². The lowest BCUT2D eigenvalue weighted by Crippen LogP contribution is -2.46. The number of aromatic nitrogens is 2. The smallest absolute Gasteiger partial charge is 0.280 e. The van der Waals surface area contributed by atoms with Crippen LogP contribution in [-0.4, -0.2) is 65.4 Å². The molecule has 2 heterocycles. The number of carbonyl (C=O) groups excluding carboxylic acids is 2. The molecule has 0 aromatic carbocycles. The van der Waals surface area contributed by atoms with Crippen molar-refractivity contribution in [1.29, 1.82) is 5.41 Å². The first-order valence-corrected chi connectivity index (χ1v) is 13.0. The summed E-state index contributed by atoms with van der Waals surface area (Å²) in [6.45, 7) is 4.11. The summed E-state index contributed by atoms with van der Waals surface area (Å²) in [7, 11) is 0. The van der Waals surface area contributed by atoms with E-state index in [9.17, 15) is 9.59 Å². The van der Waals surface area contributed by atoms with E-state index in [-0.39, 0.29) is 28.4 Å². The average Bonchev–Trinajstić information content (AvgIpc) is 2.84. The van der Waals surface area contributed by atoms with E-state index in [0.717, 1.165) is 58.3 Å². The molecule has 0 atom stereocenters. The summed E-state index contributed by atoms with van der Waals surface area (Å²) in [6, 6.07) is 0. The molecule has 0 saturated carbocycles. The summed E-state index contributed by atoms with van der Waals surface area (Å²) in [5.74, 6) is -0.676. The van der Waals surface area contributed by atoms with E-state index in [1.807, 2.05) is 4.90 Å². The van der Waals surface area contributed by atoms with Gasteiger partial charge in [0.1, 0.15) is 0 Å². The van der Waals surface area contributed by atoms with Crippen molar-refractivity contribution in [2.75, 3.05) is 44.2 Å². The molecule has 0 bridgehead atoms. The second kappa shape index (κ2) is 16.1. The number of halogens is 1. The summed E-state index contributed by atoms with van der Waals surface area (Å²) in [6.07, 6.45) is 12.0. The van der Waals surface area contributed by atoms with E-state index in [2.05, 4.69) is 25.9 Å². The van der Waals surface area contributed by atoms with E-state index in [1.54, 1.807) is 0 Å². The fraction of sp³-hybridized carbons (Fsp3) is 0.696. The maximum Gasteiger partial charge on any atom is 0.280 e. The van der Waals surface area contributed by atoms with E-state index in [4.69, 9.17) is 28.5 Å². The van der Waals surface area contributed by atoms with Crippen molar-refractivity contribution in [1.82, 2.24) is 30.8 Å². The molecule has 1 aromatic rings. The van der Waals surface area contributed by atoms with Crippen LogP contribution in [0.3, 0.4) is 0 Å². The Labute approximate surface area is 212 Å². The van der Waals surface area contributed by atoms with Crippen LogP contribution in [0.1, 0.15) is 81.1 Å². The number of nitrogens with one attached hydrogen (secondary N) is 4. The van der Waals surface area contributed by atoms with Gasteiger partial charge in [0.05, 0.1) is 0 Å². The van der Waals surface area contributed by atoms with Gasteiger partial charge < -0.3 is 27.0 Å². The van der Waals surface area contributed by atoms with Crippen molar-refractivity contribution in [3.8, 4) is 0 Å². The summed E-state index contributed by atoms with van der Waals surface area (Å²) in [5.41, 5.74) is 11.0. The minimum Gasteiger partial charge on any atom is -0.382 e. The number of anilines is 2. The highest BCUT2D eigenvalue weighted by molar-refractivity contribution is 6.31. The second-order valence-corrected chi connectivity index (χ2v) is 9.16. The SMILES string of the molecule is N=C(NCCCCCCCCCCCCC(=O)N1CCNCC1)NC(=O)c1nc(Cl)c(N)nc1N. The molecule has 8 N–H and O–H groups in total. The molecule has 1 saturated heterocycles. The van der Waals surface area contributed by atoms with E-state index in [0.29, 0.717) is 18.9 Å². The van der Waals surface area contributed by atoms with Crippen LogP contribution in [0.2, 0.25) is 5.15 Å². The highest BCUT2D eigenvalue weighted by Gasteiger charge is 2.17. The van der Waals surface area contributed by atoms with Gasteiger partial charge in [0.25, 0.3) is 5.91 Å². The average molecular weight is 510 g/mol. The van der Waals surface area contributed by atoms with Gasteiger partial charge in [-0.05, 0) is 12.8 Å². The Morgan fingerprint density at radius 3 is 2.11 bits per heavy atom. The van der Waals surface area contributed by atoms with Crippen molar-refractivity contribution in [2.24, 2.45) is 0 Å². The Bertz CT molecular complexity index is 831. The molecular formula is C23H40ClN9O2. The highest BCUT2D eigenvalue weighted by atomic mass is 35.5.